The normalized spacial score (nSPS) is 11.7. The van der Waals surface area contributed by atoms with E-state index in [0.717, 1.165) is 29.5 Å². The van der Waals surface area contributed by atoms with E-state index in [2.05, 4.69) is 15.2 Å². The molecular weight excluding hydrogens is 436 g/mol. The van der Waals surface area contributed by atoms with Gasteiger partial charge in [0.15, 0.2) is 17.4 Å². The Morgan fingerprint density at radius 2 is 1.97 bits per heavy atom. The number of hydrogen-bond donors (Lipinski definition) is 2. The summed E-state index contributed by atoms with van der Waals surface area (Å²) in [5.41, 5.74) is 0.872. The first-order valence-corrected chi connectivity index (χ1v) is 11.0. The van der Waals surface area contributed by atoms with Crippen molar-refractivity contribution < 1.29 is 26.5 Å². The maximum Gasteiger partial charge on any atom is 0.271 e. The van der Waals surface area contributed by atoms with Crippen LogP contribution in [0.3, 0.4) is 0 Å². The van der Waals surface area contributed by atoms with E-state index in [-0.39, 0.29) is 15.8 Å². The second kappa shape index (κ2) is 8.76. The minimum Gasteiger partial charge on any atom is -0.354 e. The van der Waals surface area contributed by atoms with E-state index >= 15 is 0 Å². The molecule has 2 N–H and O–H groups in total. The topological polar surface area (TPSA) is 101 Å². The number of benzene rings is 1. The third-order valence-corrected chi connectivity index (χ3v) is 6.84. The number of sulfonamides is 1. The molecular formula is C19H17F2N3O4S2. The van der Waals surface area contributed by atoms with Crippen molar-refractivity contribution >= 4 is 50.8 Å². The molecule has 1 amide bonds. The molecule has 11 heteroatoms. The highest BCUT2D eigenvalue weighted by Gasteiger charge is 2.18. The second-order valence-electron chi connectivity index (χ2n) is 6.13. The van der Waals surface area contributed by atoms with Crippen molar-refractivity contribution in [2.24, 2.45) is 0 Å². The molecule has 0 spiro atoms. The molecule has 2 heterocycles. The van der Waals surface area contributed by atoms with Gasteiger partial charge < -0.3 is 9.84 Å². The zero-order valence-corrected chi connectivity index (χ0v) is 17.5. The summed E-state index contributed by atoms with van der Waals surface area (Å²) in [5.74, 6) is -2.09. The Morgan fingerprint density at radius 1 is 1.20 bits per heavy atom. The summed E-state index contributed by atoms with van der Waals surface area (Å²) < 4.78 is 58.7. The average Bonchev–Trinajstić information content (AvgIpc) is 3.31. The number of nitrogens with one attached hydrogen (secondary N) is 2. The highest BCUT2D eigenvalue weighted by atomic mass is 32.2. The number of thiophene rings is 1. The van der Waals surface area contributed by atoms with Crippen LogP contribution in [-0.4, -0.2) is 19.5 Å². The second-order valence-corrected chi connectivity index (χ2v) is 9.16. The minimum absolute atomic E-state index is 0.0138. The smallest absolute Gasteiger partial charge is 0.271 e. The van der Waals surface area contributed by atoms with Crippen molar-refractivity contribution in [1.82, 2.24) is 5.16 Å². The maximum absolute atomic E-state index is 13.3. The highest BCUT2D eigenvalue weighted by molar-refractivity contribution is 7.94. The quantitative estimate of drug-likeness (QED) is 0.543. The largest absolute Gasteiger partial charge is 0.354 e. The highest BCUT2D eigenvalue weighted by Crippen LogP contribution is 2.28. The number of hydrogen-bond acceptors (Lipinski definition) is 6. The SMILES string of the molecule is CCC(=O)Nc1c(C)noc1/C=C/c1ccc(S(=O)(=O)Nc2ccc(F)c(F)c2)s1. The molecule has 0 atom stereocenters. The molecule has 0 aliphatic carbocycles. The number of amides is 1. The summed E-state index contributed by atoms with van der Waals surface area (Å²) in [4.78, 5) is 12.2. The number of halogens is 2. The molecule has 158 valence electrons. The van der Waals surface area contributed by atoms with Gasteiger partial charge in [0.05, 0.1) is 5.69 Å². The number of aromatic nitrogens is 1. The third-order valence-electron chi connectivity index (χ3n) is 3.91. The molecule has 3 rings (SSSR count). The Kier molecular flexibility index (Phi) is 6.32. The van der Waals surface area contributed by atoms with Crippen LogP contribution in [0.4, 0.5) is 20.2 Å². The number of anilines is 2. The third kappa shape index (κ3) is 4.92. The van der Waals surface area contributed by atoms with E-state index in [4.69, 9.17) is 4.52 Å². The fraction of sp³-hybridized carbons (Fsp3) is 0.158. The van der Waals surface area contributed by atoms with Crippen LogP contribution in [0.1, 0.15) is 29.7 Å². The Bertz CT molecular complexity index is 1220. The van der Waals surface area contributed by atoms with Gasteiger partial charge in [-0.1, -0.05) is 12.1 Å². The van der Waals surface area contributed by atoms with Gasteiger partial charge in [-0.3, -0.25) is 9.52 Å². The van der Waals surface area contributed by atoms with Gasteiger partial charge in [0.2, 0.25) is 5.91 Å². The van der Waals surface area contributed by atoms with Crippen LogP contribution in [0.25, 0.3) is 12.2 Å². The molecule has 0 saturated carbocycles. The lowest BCUT2D eigenvalue weighted by Gasteiger charge is -2.06. The van der Waals surface area contributed by atoms with Gasteiger partial charge in [0.1, 0.15) is 15.6 Å². The van der Waals surface area contributed by atoms with Gasteiger partial charge >= 0.3 is 0 Å². The molecule has 0 fully saturated rings. The maximum atomic E-state index is 13.3. The van der Waals surface area contributed by atoms with Gasteiger partial charge in [-0.2, -0.15) is 0 Å². The first-order valence-electron chi connectivity index (χ1n) is 8.71. The minimum atomic E-state index is -3.98. The van der Waals surface area contributed by atoms with Gasteiger partial charge in [-0.15, -0.1) is 11.3 Å². The lowest BCUT2D eigenvalue weighted by atomic mass is 10.2. The van der Waals surface area contributed by atoms with Gasteiger partial charge in [0, 0.05) is 17.4 Å². The van der Waals surface area contributed by atoms with E-state index in [1.54, 1.807) is 32.1 Å². The van der Waals surface area contributed by atoms with Crippen molar-refractivity contribution in [1.29, 1.82) is 0 Å². The number of carbonyl (C=O) groups is 1. The molecule has 0 saturated heterocycles. The summed E-state index contributed by atoms with van der Waals surface area (Å²) in [7, 11) is -3.98. The summed E-state index contributed by atoms with van der Waals surface area (Å²) in [6.45, 7) is 3.40. The van der Waals surface area contributed by atoms with Gasteiger partial charge in [0.25, 0.3) is 10.0 Å². The molecule has 7 nitrogen and oxygen atoms in total. The molecule has 2 aromatic heterocycles. The van der Waals surface area contributed by atoms with Gasteiger partial charge in [-0.05, 0) is 43.3 Å². The lowest BCUT2D eigenvalue weighted by Crippen LogP contribution is -2.11. The Morgan fingerprint density at radius 3 is 2.67 bits per heavy atom. The van der Waals surface area contributed by atoms with Crippen molar-refractivity contribution in [2.45, 2.75) is 24.5 Å². The van der Waals surface area contributed by atoms with Crippen LogP contribution < -0.4 is 10.0 Å². The number of rotatable bonds is 7. The van der Waals surface area contributed by atoms with Crippen LogP contribution in [0.15, 0.2) is 39.1 Å². The van der Waals surface area contributed by atoms with Crippen LogP contribution in [-0.2, 0) is 14.8 Å². The molecule has 0 radical (unpaired) electrons. The van der Waals surface area contributed by atoms with Gasteiger partial charge in [-0.25, -0.2) is 17.2 Å². The van der Waals surface area contributed by atoms with Crippen LogP contribution >= 0.6 is 11.3 Å². The monoisotopic (exact) mass is 453 g/mol. The Labute approximate surface area is 175 Å². The zero-order valence-electron chi connectivity index (χ0n) is 15.9. The Balaban J connectivity index is 1.78. The fourth-order valence-corrected chi connectivity index (χ4v) is 4.65. The predicted octanol–water partition coefficient (Wildman–Crippen LogP) is 4.64. The molecule has 1 aromatic carbocycles. The summed E-state index contributed by atoms with van der Waals surface area (Å²) >= 11 is 0.962. The van der Waals surface area contributed by atoms with E-state index in [1.807, 2.05) is 0 Å². The van der Waals surface area contributed by atoms with Crippen LogP contribution in [0.2, 0.25) is 0 Å². The lowest BCUT2D eigenvalue weighted by molar-refractivity contribution is -0.115. The summed E-state index contributed by atoms with van der Waals surface area (Å²) in [6, 6.07) is 5.69. The molecule has 3 aromatic rings. The van der Waals surface area contributed by atoms with E-state index in [1.165, 1.54) is 6.07 Å². The number of carbonyl (C=O) groups excluding carboxylic acids is 1. The predicted molar refractivity (Wildman–Crippen MR) is 111 cm³/mol. The average molecular weight is 453 g/mol. The van der Waals surface area contributed by atoms with Crippen molar-refractivity contribution in [3.63, 3.8) is 0 Å². The van der Waals surface area contributed by atoms with Crippen molar-refractivity contribution in [2.75, 3.05) is 10.0 Å². The molecule has 0 aliphatic heterocycles. The summed E-state index contributed by atoms with van der Waals surface area (Å²) in [6.07, 6.45) is 3.48. The zero-order chi connectivity index (χ0) is 21.9. The van der Waals surface area contributed by atoms with Crippen molar-refractivity contribution in [3.05, 3.63) is 58.3 Å². The first-order chi connectivity index (χ1) is 14.2. The Hall–Kier alpha value is -3.05. The fourth-order valence-electron chi connectivity index (χ4n) is 2.37. The van der Waals surface area contributed by atoms with Crippen molar-refractivity contribution in [3.8, 4) is 0 Å². The first kappa shape index (κ1) is 21.7. The standard InChI is InChI=1S/C19H17F2N3O4S2/c1-3-17(25)22-19-11(2)23-28-16(19)8-5-13-6-9-18(29-13)30(26,27)24-12-4-7-14(20)15(21)10-12/h4-10,24H,3H2,1-2H3,(H,22,25)/b8-5+. The summed E-state index contributed by atoms with van der Waals surface area (Å²) in [5, 5.41) is 6.52. The molecule has 30 heavy (non-hydrogen) atoms. The molecule has 0 aliphatic rings. The van der Waals surface area contributed by atoms with E-state index in [0.29, 0.717) is 28.4 Å². The van der Waals surface area contributed by atoms with E-state index < -0.39 is 21.7 Å². The molecule has 0 bridgehead atoms. The van der Waals surface area contributed by atoms with Crippen LogP contribution in [0.5, 0.6) is 0 Å². The number of nitrogens with zero attached hydrogens (tertiary/aromatic N) is 1. The molecule has 0 unspecified atom stereocenters. The van der Waals surface area contributed by atoms with E-state index in [9.17, 15) is 22.0 Å². The van der Waals surface area contributed by atoms with Crippen LogP contribution in [0, 0.1) is 18.6 Å². The number of aryl methyl sites for hydroxylation is 1.